The molecule has 0 aliphatic carbocycles. The Hall–Kier alpha value is -1.58. The normalized spacial score (nSPS) is 11.8. The summed E-state index contributed by atoms with van der Waals surface area (Å²) in [5, 5.41) is 15.0. The minimum absolute atomic E-state index is 0.0792. The molecule has 20 heavy (non-hydrogen) atoms. The predicted molar refractivity (Wildman–Crippen MR) is 83.1 cm³/mol. The number of rotatable bonds is 6. The van der Waals surface area contributed by atoms with E-state index in [1.54, 1.807) is 7.11 Å². The summed E-state index contributed by atoms with van der Waals surface area (Å²) in [6.45, 7) is 5.90. The molecule has 2 aromatic rings. The van der Waals surface area contributed by atoms with Crippen LogP contribution < -0.4 is 10.1 Å². The molecule has 0 aromatic heterocycles. The fourth-order valence-electron chi connectivity index (χ4n) is 2.11. The molecule has 0 atom stereocenters. The van der Waals surface area contributed by atoms with Crippen LogP contribution >= 0.6 is 0 Å². The van der Waals surface area contributed by atoms with E-state index >= 15 is 0 Å². The van der Waals surface area contributed by atoms with Gasteiger partial charge in [-0.15, -0.1) is 0 Å². The van der Waals surface area contributed by atoms with Crippen LogP contribution in [-0.4, -0.2) is 25.4 Å². The summed E-state index contributed by atoms with van der Waals surface area (Å²) in [6.07, 6.45) is 0. The van der Waals surface area contributed by atoms with Gasteiger partial charge in [-0.1, -0.05) is 32.0 Å². The van der Waals surface area contributed by atoms with Gasteiger partial charge in [0.25, 0.3) is 0 Å². The molecular formula is C17H23NO2. The maximum atomic E-state index is 9.23. The van der Waals surface area contributed by atoms with Crippen LogP contribution in [0.2, 0.25) is 0 Å². The first-order valence-electron chi connectivity index (χ1n) is 6.92. The Morgan fingerprint density at radius 3 is 2.50 bits per heavy atom. The van der Waals surface area contributed by atoms with Crippen molar-refractivity contribution in [2.45, 2.75) is 20.4 Å². The van der Waals surface area contributed by atoms with Crippen molar-refractivity contribution in [1.29, 1.82) is 0 Å². The Kier molecular flexibility index (Phi) is 4.63. The van der Waals surface area contributed by atoms with Crippen molar-refractivity contribution in [3.8, 4) is 5.75 Å². The zero-order valence-corrected chi connectivity index (χ0v) is 12.4. The minimum Gasteiger partial charge on any atom is -0.497 e. The summed E-state index contributed by atoms with van der Waals surface area (Å²) in [4.78, 5) is 0. The van der Waals surface area contributed by atoms with Crippen molar-refractivity contribution in [2.75, 3.05) is 20.3 Å². The van der Waals surface area contributed by atoms with Gasteiger partial charge in [-0.05, 0) is 34.5 Å². The maximum Gasteiger partial charge on any atom is 0.119 e. The highest BCUT2D eigenvalue weighted by Crippen LogP contribution is 2.22. The SMILES string of the molecule is COc1ccc2cc(CNCC(C)(C)CO)ccc2c1. The minimum atomic E-state index is -0.0792. The third kappa shape index (κ3) is 3.71. The number of methoxy groups -OCH3 is 1. The Balaban J connectivity index is 2.05. The van der Waals surface area contributed by atoms with Crippen LogP contribution in [0.1, 0.15) is 19.4 Å². The highest BCUT2D eigenvalue weighted by molar-refractivity contribution is 5.84. The van der Waals surface area contributed by atoms with E-state index in [4.69, 9.17) is 4.74 Å². The van der Waals surface area contributed by atoms with E-state index in [9.17, 15) is 5.11 Å². The van der Waals surface area contributed by atoms with E-state index in [1.165, 1.54) is 16.3 Å². The van der Waals surface area contributed by atoms with Crippen LogP contribution in [0.15, 0.2) is 36.4 Å². The van der Waals surface area contributed by atoms with Crippen molar-refractivity contribution < 1.29 is 9.84 Å². The predicted octanol–water partition coefficient (Wildman–Crippen LogP) is 2.96. The van der Waals surface area contributed by atoms with E-state index < -0.39 is 0 Å². The summed E-state index contributed by atoms with van der Waals surface area (Å²) in [7, 11) is 1.68. The molecule has 3 nitrogen and oxygen atoms in total. The first-order valence-corrected chi connectivity index (χ1v) is 6.92. The highest BCUT2D eigenvalue weighted by Gasteiger charge is 2.15. The Bertz CT molecular complexity index is 578. The molecule has 3 heteroatoms. The fourth-order valence-corrected chi connectivity index (χ4v) is 2.11. The molecule has 108 valence electrons. The molecule has 2 N–H and O–H groups in total. The fraction of sp³-hybridized carbons (Fsp3) is 0.412. The zero-order chi connectivity index (χ0) is 14.6. The van der Waals surface area contributed by atoms with Crippen molar-refractivity contribution in [3.63, 3.8) is 0 Å². The molecular weight excluding hydrogens is 250 g/mol. The molecule has 0 heterocycles. The lowest BCUT2D eigenvalue weighted by atomic mass is 9.95. The van der Waals surface area contributed by atoms with Crippen molar-refractivity contribution in [2.24, 2.45) is 5.41 Å². The molecule has 0 aliphatic heterocycles. The quantitative estimate of drug-likeness (QED) is 0.850. The average molecular weight is 273 g/mol. The van der Waals surface area contributed by atoms with Crippen LogP contribution in [0.3, 0.4) is 0 Å². The molecule has 0 saturated heterocycles. The molecule has 0 unspecified atom stereocenters. The molecule has 0 aliphatic rings. The summed E-state index contributed by atoms with van der Waals surface area (Å²) in [5.41, 5.74) is 1.17. The lowest BCUT2D eigenvalue weighted by Gasteiger charge is -2.22. The number of aliphatic hydroxyl groups excluding tert-OH is 1. The second kappa shape index (κ2) is 6.25. The topological polar surface area (TPSA) is 41.5 Å². The molecule has 0 spiro atoms. The molecule has 0 fully saturated rings. The number of aliphatic hydroxyl groups is 1. The van der Waals surface area contributed by atoms with Gasteiger partial charge >= 0.3 is 0 Å². The highest BCUT2D eigenvalue weighted by atomic mass is 16.5. The first-order chi connectivity index (χ1) is 9.54. The largest absolute Gasteiger partial charge is 0.497 e. The van der Waals surface area contributed by atoms with Gasteiger partial charge in [0.1, 0.15) is 5.75 Å². The summed E-state index contributed by atoms with van der Waals surface area (Å²) >= 11 is 0. The summed E-state index contributed by atoms with van der Waals surface area (Å²) in [6, 6.07) is 12.5. The second-order valence-corrected chi connectivity index (χ2v) is 5.97. The number of nitrogens with one attached hydrogen (secondary N) is 1. The average Bonchev–Trinajstić information content (AvgIpc) is 2.46. The van der Waals surface area contributed by atoms with Gasteiger partial charge in [0.2, 0.25) is 0 Å². The van der Waals surface area contributed by atoms with Crippen molar-refractivity contribution in [3.05, 3.63) is 42.0 Å². The number of benzene rings is 2. The third-order valence-corrected chi connectivity index (χ3v) is 3.47. The van der Waals surface area contributed by atoms with Crippen LogP contribution in [0, 0.1) is 5.41 Å². The second-order valence-electron chi connectivity index (χ2n) is 5.97. The Labute approximate surface area is 120 Å². The standard InChI is InChI=1S/C17H23NO2/c1-17(2,12-19)11-18-10-13-4-5-15-9-16(20-3)7-6-14(15)8-13/h4-9,18-19H,10-12H2,1-3H3. The third-order valence-electron chi connectivity index (χ3n) is 3.47. The maximum absolute atomic E-state index is 9.23. The molecule has 0 radical (unpaired) electrons. The van der Waals surface area contributed by atoms with Gasteiger partial charge in [0, 0.05) is 25.1 Å². The van der Waals surface area contributed by atoms with Gasteiger partial charge in [0.15, 0.2) is 0 Å². The Morgan fingerprint density at radius 2 is 1.80 bits per heavy atom. The summed E-state index contributed by atoms with van der Waals surface area (Å²) < 4.78 is 5.23. The van der Waals surface area contributed by atoms with Crippen molar-refractivity contribution >= 4 is 10.8 Å². The number of hydrogen-bond acceptors (Lipinski definition) is 3. The van der Waals surface area contributed by atoms with Gasteiger partial charge in [-0.25, -0.2) is 0 Å². The summed E-state index contributed by atoms with van der Waals surface area (Å²) in [5.74, 6) is 0.882. The van der Waals surface area contributed by atoms with Crippen molar-refractivity contribution in [1.82, 2.24) is 5.32 Å². The van der Waals surface area contributed by atoms with E-state index in [0.717, 1.165) is 18.8 Å². The van der Waals surface area contributed by atoms with Gasteiger partial charge in [-0.3, -0.25) is 0 Å². The number of ether oxygens (including phenoxy) is 1. The lowest BCUT2D eigenvalue weighted by Crippen LogP contribution is -2.31. The van der Waals surface area contributed by atoms with Crippen LogP contribution in [-0.2, 0) is 6.54 Å². The monoisotopic (exact) mass is 273 g/mol. The first kappa shape index (κ1) is 14.8. The molecule has 2 rings (SSSR count). The van der Waals surface area contributed by atoms with E-state index in [1.807, 2.05) is 26.0 Å². The van der Waals surface area contributed by atoms with Gasteiger partial charge in [-0.2, -0.15) is 0 Å². The van der Waals surface area contributed by atoms with E-state index in [0.29, 0.717) is 0 Å². The molecule has 0 saturated carbocycles. The smallest absolute Gasteiger partial charge is 0.119 e. The van der Waals surface area contributed by atoms with Crippen LogP contribution in [0.4, 0.5) is 0 Å². The van der Waals surface area contributed by atoms with E-state index in [-0.39, 0.29) is 12.0 Å². The van der Waals surface area contributed by atoms with Gasteiger partial charge in [0.05, 0.1) is 7.11 Å². The van der Waals surface area contributed by atoms with Crippen LogP contribution in [0.5, 0.6) is 5.75 Å². The van der Waals surface area contributed by atoms with Crippen LogP contribution in [0.25, 0.3) is 10.8 Å². The number of hydrogen-bond donors (Lipinski definition) is 2. The molecule has 0 bridgehead atoms. The lowest BCUT2D eigenvalue weighted by molar-refractivity contribution is 0.156. The number of fused-ring (bicyclic) bond motifs is 1. The van der Waals surface area contributed by atoms with E-state index in [2.05, 4.69) is 29.6 Å². The zero-order valence-electron chi connectivity index (χ0n) is 12.4. The van der Waals surface area contributed by atoms with Gasteiger partial charge < -0.3 is 15.2 Å². The molecule has 2 aromatic carbocycles. The molecule has 0 amide bonds. The Morgan fingerprint density at radius 1 is 1.10 bits per heavy atom.